The van der Waals surface area contributed by atoms with Gasteiger partial charge in [-0.1, -0.05) is 19.1 Å². The van der Waals surface area contributed by atoms with Crippen LogP contribution in [0.15, 0.2) is 42.6 Å². The minimum atomic E-state index is -1.18. The number of halogens is 2. The van der Waals surface area contributed by atoms with Crippen molar-refractivity contribution < 1.29 is 18.3 Å². The summed E-state index contributed by atoms with van der Waals surface area (Å²) in [5.74, 6) is 0.331. The van der Waals surface area contributed by atoms with Crippen LogP contribution in [0.4, 0.5) is 13.6 Å². The van der Waals surface area contributed by atoms with Gasteiger partial charge in [0.1, 0.15) is 17.7 Å². The maximum atomic E-state index is 14.6. The zero-order valence-corrected chi connectivity index (χ0v) is 17.1. The second kappa shape index (κ2) is 10.9. The molecule has 3 rings (SSSR count). The number of hydrogen-bond donors (Lipinski definition) is 2. The van der Waals surface area contributed by atoms with Crippen LogP contribution in [0, 0.1) is 5.82 Å². The van der Waals surface area contributed by atoms with Gasteiger partial charge >= 0.3 is 6.03 Å². The summed E-state index contributed by atoms with van der Waals surface area (Å²) in [6.45, 7) is 3.95. The van der Waals surface area contributed by atoms with Gasteiger partial charge in [0.25, 0.3) is 0 Å². The molecule has 1 aliphatic rings. The van der Waals surface area contributed by atoms with E-state index in [4.69, 9.17) is 4.74 Å². The average Bonchev–Trinajstić information content (AvgIpc) is 2.77. The summed E-state index contributed by atoms with van der Waals surface area (Å²) in [5.41, 5.74) is 1.42. The second-order valence-electron chi connectivity index (χ2n) is 7.32. The largest absolute Gasteiger partial charge is 0.494 e. The Morgan fingerprint density at radius 1 is 1.30 bits per heavy atom. The predicted molar refractivity (Wildman–Crippen MR) is 110 cm³/mol. The highest BCUT2D eigenvalue weighted by Gasteiger charge is 2.33. The van der Waals surface area contributed by atoms with Crippen molar-refractivity contribution >= 4 is 6.03 Å². The summed E-state index contributed by atoms with van der Waals surface area (Å²) in [7, 11) is 0. The maximum absolute atomic E-state index is 14.6. The fourth-order valence-electron chi connectivity index (χ4n) is 3.37. The van der Waals surface area contributed by atoms with Crippen molar-refractivity contribution in [3.8, 4) is 5.75 Å². The first-order valence-electron chi connectivity index (χ1n) is 10.3. The highest BCUT2D eigenvalue weighted by atomic mass is 19.1. The van der Waals surface area contributed by atoms with Crippen LogP contribution in [-0.2, 0) is 13.1 Å². The highest BCUT2D eigenvalue weighted by Crippen LogP contribution is 2.19. The molecule has 1 aromatic carbocycles. The molecule has 1 aromatic heterocycles. The van der Waals surface area contributed by atoms with E-state index in [0.717, 1.165) is 23.9 Å². The minimum absolute atomic E-state index is 0.112. The number of carbonyl (C=O) groups excluding carboxylic acids is 1. The van der Waals surface area contributed by atoms with Gasteiger partial charge < -0.3 is 20.3 Å². The molecule has 8 heteroatoms. The normalized spacial score (nSPS) is 18.6. The number of hydrogen-bond acceptors (Lipinski definition) is 4. The Morgan fingerprint density at radius 3 is 2.77 bits per heavy atom. The van der Waals surface area contributed by atoms with Crippen molar-refractivity contribution in [1.29, 1.82) is 0 Å². The molecule has 0 unspecified atom stereocenters. The molecule has 0 bridgehead atoms. The number of ether oxygens (including phenoxy) is 1. The van der Waals surface area contributed by atoms with Crippen LogP contribution >= 0.6 is 0 Å². The molecule has 0 radical (unpaired) electrons. The van der Waals surface area contributed by atoms with Crippen LogP contribution < -0.4 is 15.4 Å². The fraction of sp³-hybridized carbons (Fsp3) is 0.455. The molecule has 1 saturated heterocycles. The fourth-order valence-corrected chi connectivity index (χ4v) is 3.37. The van der Waals surface area contributed by atoms with E-state index in [-0.39, 0.29) is 19.1 Å². The van der Waals surface area contributed by atoms with Gasteiger partial charge in [-0.05, 0) is 49.2 Å². The van der Waals surface area contributed by atoms with Crippen molar-refractivity contribution in [3.05, 3.63) is 59.7 Å². The molecule has 2 aromatic rings. The number of urea groups is 1. The smallest absolute Gasteiger partial charge is 0.318 e. The lowest BCUT2D eigenvalue weighted by molar-refractivity contribution is 0.0963. The molecule has 162 valence electrons. The number of nitrogens with zero attached hydrogens (tertiary/aromatic N) is 2. The SMILES string of the molecule is CCCOc1ccc(CNC(=O)N(Cc2ccc(F)cn2)[C@@H]2CCNC[C@@H]2F)cc1. The molecular formula is C22H28F2N4O2. The molecule has 30 heavy (non-hydrogen) atoms. The van der Waals surface area contributed by atoms with Crippen molar-refractivity contribution in [1.82, 2.24) is 20.5 Å². The molecule has 2 N–H and O–H groups in total. The van der Waals surface area contributed by atoms with Crippen LogP contribution in [0.5, 0.6) is 5.75 Å². The monoisotopic (exact) mass is 418 g/mol. The number of rotatable bonds is 8. The van der Waals surface area contributed by atoms with Gasteiger partial charge in [-0.3, -0.25) is 4.98 Å². The summed E-state index contributed by atoms with van der Waals surface area (Å²) in [5, 5.41) is 5.87. The molecule has 2 heterocycles. The third-order valence-electron chi connectivity index (χ3n) is 5.00. The molecule has 0 spiro atoms. The third kappa shape index (κ3) is 6.13. The van der Waals surface area contributed by atoms with Gasteiger partial charge in [-0.15, -0.1) is 0 Å². The molecular weight excluding hydrogens is 390 g/mol. The lowest BCUT2D eigenvalue weighted by Gasteiger charge is -2.36. The summed E-state index contributed by atoms with van der Waals surface area (Å²) < 4.78 is 33.3. The lowest BCUT2D eigenvalue weighted by atomic mass is 10.0. The minimum Gasteiger partial charge on any atom is -0.494 e. The van der Waals surface area contributed by atoms with Crippen LogP contribution in [0.25, 0.3) is 0 Å². The van der Waals surface area contributed by atoms with E-state index < -0.39 is 18.0 Å². The Morgan fingerprint density at radius 2 is 2.10 bits per heavy atom. The van der Waals surface area contributed by atoms with E-state index in [9.17, 15) is 13.6 Å². The van der Waals surface area contributed by atoms with E-state index >= 15 is 0 Å². The van der Waals surface area contributed by atoms with E-state index in [0.29, 0.717) is 31.8 Å². The molecule has 0 aliphatic carbocycles. The molecule has 1 fully saturated rings. The summed E-state index contributed by atoms with van der Waals surface area (Å²) in [6.07, 6.45) is 1.35. The van der Waals surface area contributed by atoms with Crippen molar-refractivity contribution in [2.45, 2.75) is 45.1 Å². The van der Waals surface area contributed by atoms with Crippen molar-refractivity contribution in [3.63, 3.8) is 0 Å². The molecule has 0 saturated carbocycles. The Labute approximate surface area is 175 Å². The molecule has 2 atom stereocenters. The quantitative estimate of drug-likeness (QED) is 0.690. The number of alkyl halides is 1. The predicted octanol–water partition coefficient (Wildman–Crippen LogP) is 3.42. The number of pyridine rings is 1. The second-order valence-corrected chi connectivity index (χ2v) is 7.32. The number of piperidine rings is 1. The first-order chi connectivity index (χ1) is 14.6. The molecule has 1 aliphatic heterocycles. The maximum Gasteiger partial charge on any atom is 0.318 e. The summed E-state index contributed by atoms with van der Waals surface area (Å²) in [6, 6.07) is 9.36. The first kappa shape index (κ1) is 22.0. The zero-order valence-electron chi connectivity index (χ0n) is 17.1. The Kier molecular flexibility index (Phi) is 7.96. The number of carbonyl (C=O) groups is 1. The van der Waals surface area contributed by atoms with E-state index in [1.54, 1.807) is 0 Å². The van der Waals surface area contributed by atoms with E-state index in [1.807, 2.05) is 31.2 Å². The van der Waals surface area contributed by atoms with Crippen molar-refractivity contribution in [2.75, 3.05) is 19.7 Å². The third-order valence-corrected chi connectivity index (χ3v) is 5.00. The van der Waals surface area contributed by atoms with E-state index in [2.05, 4.69) is 15.6 Å². The van der Waals surface area contributed by atoms with Crippen LogP contribution in [0.1, 0.15) is 31.0 Å². The van der Waals surface area contributed by atoms with Gasteiger partial charge in [-0.25, -0.2) is 13.6 Å². The Balaban J connectivity index is 1.65. The summed E-state index contributed by atoms with van der Waals surface area (Å²) in [4.78, 5) is 18.4. The van der Waals surface area contributed by atoms with Gasteiger partial charge in [0.2, 0.25) is 0 Å². The van der Waals surface area contributed by atoms with Crippen LogP contribution in [0.3, 0.4) is 0 Å². The van der Waals surface area contributed by atoms with Gasteiger partial charge in [0.15, 0.2) is 0 Å². The number of benzene rings is 1. The number of nitrogens with one attached hydrogen (secondary N) is 2. The van der Waals surface area contributed by atoms with Gasteiger partial charge in [0, 0.05) is 13.1 Å². The lowest BCUT2D eigenvalue weighted by Crippen LogP contribution is -2.55. The highest BCUT2D eigenvalue weighted by molar-refractivity contribution is 5.74. The number of amides is 2. The Bertz CT molecular complexity index is 802. The zero-order chi connectivity index (χ0) is 21.3. The summed E-state index contributed by atoms with van der Waals surface area (Å²) >= 11 is 0. The van der Waals surface area contributed by atoms with Crippen LogP contribution in [0.2, 0.25) is 0 Å². The Hall–Kier alpha value is -2.74. The van der Waals surface area contributed by atoms with Crippen molar-refractivity contribution in [2.24, 2.45) is 0 Å². The van der Waals surface area contributed by atoms with E-state index in [1.165, 1.54) is 17.0 Å². The number of aromatic nitrogens is 1. The molecule has 2 amide bonds. The van der Waals surface area contributed by atoms with Gasteiger partial charge in [0.05, 0.1) is 31.1 Å². The average molecular weight is 418 g/mol. The van der Waals surface area contributed by atoms with Gasteiger partial charge in [-0.2, -0.15) is 0 Å². The molecule has 6 nitrogen and oxygen atoms in total. The first-order valence-corrected chi connectivity index (χ1v) is 10.3. The standard InChI is InChI=1S/C22H28F2N4O2/c1-2-11-30-19-7-3-16(4-8-19)12-27-22(29)28(21-9-10-25-14-20(21)24)15-18-6-5-17(23)13-26-18/h3-8,13,20-21,25H,2,9-12,14-15H2,1H3,(H,27,29)/t20-,21+/m0/s1. The van der Waals surface area contributed by atoms with Crippen LogP contribution in [-0.4, -0.2) is 47.8 Å². The topological polar surface area (TPSA) is 66.5 Å².